The Labute approximate surface area is 170 Å². The first-order valence-corrected chi connectivity index (χ1v) is 10.4. The number of halogens is 1. The van der Waals surface area contributed by atoms with Crippen LogP contribution >= 0.6 is 33.9 Å². The number of anilines is 1. The van der Waals surface area contributed by atoms with Gasteiger partial charge >= 0.3 is 5.97 Å². The minimum Gasteiger partial charge on any atom is -0.496 e. The lowest BCUT2D eigenvalue weighted by Gasteiger charge is -2.12. The molecule has 5 nitrogen and oxygen atoms in total. The Kier molecular flexibility index (Phi) is 6.18. The van der Waals surface area contributed by atoms with Crippen LogP contribution in [-0.4, -0.2) is 25.6 Å². The van der Waals surface area contributed by atoms with Crippen molar-refractivity contribution in [3.63, 3.8) is 0 Å². The van der Waals surface area contributed by atoms with Gasteiger partial charge in [0.25, 0.3) is 5.91 Å². The topological polar surface area (TPSA) is 64.6 Å². The standard InChI is InChI=1S/C19H20INO4S/c1-3-25-19(23)16-12-6-4-5-7-15(12)26-18(16)21-17(22)11-8-9-14(24-2)13(20)10-11/h8-10H,3-7H2,1-2H3,(H,21,22). The van der Waals surface area contributed by atoms with Crippen molar-refractivity contribution in [2.45, 2.75) is 32.6 Å². The molecule has 0 unspecified atom stereocenters. The van der Waals surface area contributed by atoms with Crippen molar-refractivity contribution in [2.75, 3.05) is 19.0 Å². The van der Waals surface area contributed by atoms with Gasteiger partial charge in [0.1, 0.15) is 10.8 Å². The average Bonchev–Trinajstić information content (AvgIpc) is 2.99. The molecule has 3 rings (SSSR count). The third-order valence-electron chi connectivity index (χ3n) is 4.29. The molecule has 138 valence electrons. The number of nitrogens with one attached hydrogen (secondary N) is 1. The van der Waals surface area contributed by atoms with E-state index in [0.29, 0.717) is 22.7 Å². The van der Waals surface area contributed by atoms with E-state index >= 15 is 0 Å². The molecule has 0 bridgehead atoms. The Hall–Kier alpha value is -1.61. The lowest BCUT2D eigenvalue weighted by Crippen LogP contribution is -2.16. The molecule has 1 aliphatic carbocycles. The van der Waals surface area contributed by atoms with Gasteiger partial charge in [-0.2, -0.15) is 0 Å². The van der Waals surface area contributed by atoms with Gasteiger partial charge in [-0.3, -0.25) is 4.79 Å². The first-order valence-electron chi connectivity index (χ1n) is 8.51. The maximum atomic E-state index is 12.7. The largest absolute Gasteiger partial charge is 0.496 e. The van der Waals surface area contributed by atoms with Crippen LogP contribution in [0.3, 0.4) is 0 Å². The zero-order valence-corrected chi connectivity index (χ0v) is 17.7. The zero-order chi connectivity index (χ0) is 18.7. The summed E-state index contributed by atoms with van der Waals surface area (Å²) in [6.07, 6.45) is 3.97. The number of ether oxygens (including phenoxy) is 2. The fourth-order valence-corrected chi connectivity index (χ4v) is 5.06. The van der Waals surface area contributed by atoms with Gasteiger partial charge in [-0.25, -0.2) is 4.79 Å². The summed E-state index contributed by atoms with van der Waals surface area (Å²) in [4.78, 5) is 26.4. The van der Waals surface area contributed by atoms with E-state index in [1.807, 2.05) is 0 Å². The second-order valence-electron chi connectivity index (χ2n) is 5.94. The summed E-state index contributed by atoms with van der Waals surface area (Å²) < 4.78 is 11.3. The van der Waals surface area contributed by atoms with Crippen molar-refractivity contribution in [3.8, 4) is 5.75 Å². The summed E-state index contributed by atoms with van der Waals surface area (Å²) >= 11 is 3.62. The van der Waals surface area contributed by atoms with Crippen molar-refractivity contribution >= 4 is 50.8 Å². The van der Waals surface area contributed by atoms with Crippen molar-refractivity contribution in [3.05, 3.63) is 43.3 Å². The summed E-state index contributed by atoms with van der Waals surface area (Å²) in [6.45, 7) is 2.10. The molecule has 0 saturated carbocycles. The lowest BCUT2D eigenvalue weighted by atomic mass is 9.95. The van der Waals surface area contributed by atoms with Gasteiger partial charge in [-0.1, -0.05) is 0 Å². The molecule has 0 radical (unpaired) electrons. The third kappa shape index (κ3) is 3.88. The Balaban J connectivity index is 1.91. The molecule has 1 aliphatic rings. The number of methoxy groups -OCH3 is 1. The van der Waals surface area contributed by atoms with Gasteiger partial charge in [0, 0.05) is 10.4 Å². The number of carbonyl (C=O) groups excluding carboxylic acids is 2. The first kappa shape index (κ1) is 19.2. The van der Waals surface area contributed by atoms with Gasteiger partial charge in [-0.15, -0.1) is 11.3 Å². The van der Waals surface area contributed by atoms with Crippen LogP contribution in [0.25, 0.3) is 0 Å². The van der Waals surface area contributed by atoms with Gasteiger partial charge in [0.15, 0.2) is 0 Å². The van der Waals surface area contributed by atoms with E-state index in [1.165, 1.54) is 16.2 Å². The van der Waals surface area contributed by atoms with Crippen LogP contribution < -0.4 is 10.1 Å². The van der Waals surface area contributed by atoms with E-state index in [1.54, 1.807) is 32.2 Å². The number of hydrogen-bond donors (Lipinski definition) is 1. The second kappa shape index (κ2) is 8.39. The number of amides is 1. The molecule has 1 heterocycles. The van der Waals surface area contributed by atoms with Crippen LogP contribution in [0, 0.1) is 3.57 Å². The molecule has 0 fully saturated rings. The second-order valence-corrected chi connectivity index (χ2v) is 8.21. The summed E-state index contributed by atoms with van der Waals surface area (Å²) in [5, 5.41) is 3.51. The Morgan fingerprint density at radius 3 is 2.73 bits per heavy atom. The molecule has 0 aliphatic heterocycles. The normalized spacial score (nSPS) is 13.0. The highest BCUT2D eigenvalue weighted by Crippen LogP contribution is 2.39. The van der Waals surface area contributed by atoms with Gasteiger partial charge in [0.05, 0.1) is 22.9 Å². The van der Waals surface area contributed by atoms with E-state index in [2.05, 4.69) is 27.9 Å². The van der Waals surface area contributed by atoms with E-state index < -0.39 is 0 Å². The molecule has 7 heteroatoms. The van der Waals surface area contributed by atoms with E-state index in [0.717, 1.165) is 40.6 Å². The molecular formula is C19H20INO4S. The maximum Gasteiger partial charge on any atom is 0.341 e. The van der Waals surface area contributed by atoms with Crippen LogP contribution in [-0.2, 0) is 17.6 Å². The lowest BCUT2D eigenvalue weighted by molar-refractivity contribution is 0.0526. The number of benzene rings is 1. The van der Waals surface area contributed by atoms with Crippen LogP contribution in [0.1, 0.15) is 50.9 Å². The number of thiophene rings is 1. The predicted octanol–water partition coefficient (Wildman–Crippen LogP) is 4.67. The molecule has 0 spiro atoms. The van der Waals surface area contributed by atoms with Gasteiger partial charge in [-0.05, 0) is 79.0 Å². The Bertz CT molecular complexity index is 846. The predicted molar refractivity (Wildman–Crippen MR) is 111 cm³/mol. The van der Waals surface area contributed by atoms with Crippen LogP contribution in [0.5, 0.6) is 5.75 Å². The van der Waals surface area contributed by atoms with Gasteiger partial charge in [0.2, 0.25) is 0 Å². The first-order chi connectivity index (χ1) is 12.5. The molecule has 1 aromatic heterocycles. The number of fused-ring (bicyclic) bond motifs is 1. The molecule has 1 aromatic carbocycles. The van der Waals surface area contributed by atoms with Crippen molar-refractivity contribution < 1.29 is 19.1 Å². The highest BCUT2D eigenvalue weighted by molar-refractivity contribution is 14.1. The summed E-state index contributed by atoms with van der Waals surface area (Å²) in [5.41, 5.74) is 2.10. The molecule has 0 atom stereocenters. The van der Waals surface area contributed by atoms with E-state index in [9.17, 15) is 9.59 Å². The fourth-order valence-electron chi connectivity index (χ4n) is 3.06. The van der Waals surface area contributed by atoms with Crippen molar-refractivity contribution in [2.24, 2.45) is 0 Å². The van der Waals surface area contributed by atoms with E-state index in [4.69, 9.17) is 9.47 Å². The van der Waals surface area contributed by atoms with Crippen LogP contribution in [0.2, 0.25) is 0 Å². The monoisotopic (exact) mass is 485 g/mol. The number of rotatable bonds is 5. The molecule has 0 saturated heterocycles. The molecule has 26 heavy (non-hydrogen) atoms. The highest BCUT2D eigenvalue weighted by atomic mass is 127. The van der Waals surface area contributed by atoms with Crippen LogP contribution in [0.15, 0.2) is 18.2 Å². The number of hydrogen-bond acceptors (Lipinski definition) is 5. The quantitative estimate of drug-likeness (QED) is 0.494. The average molecular weight is 485 g/mol. The minimum absolute atomic E-state index is 0.241. The van der Waals surface area contributed by atoms with Gasteiger partial charge < -0.3 is 14.8 Å². The third-order valence-corrected chi connectivity index (χ3v) is 6.34. The fraction of sp³-hybridized carbons (Fsp3) is 0.368. The van der Waals surface area contributed by atoms with Crippen molar-refractivity contribution in [1.82, 2.24) is 0 Å². The smallest absolute Gasteiger partial charge is 0.341 e. The number of carbonyl (C=O) groups is 2. The Morgan fingerprint density at radius 2 is 2.04 bits per heavy atom. The Morgan fingerprint density at radius 1 is 1.27 bits per heavy atom. The van der Waals surface area contributed by atoms with E-state index in [-0.39, 0.29) is 11.9 Å². The van der Waals surface area contributed by atoms with Crippen molar-refractivity contribution in [1.29, 1.82) is 0 Å². The number of aryl methyl sites for hydroxylation is 1. The minimum atomic E-state index is -0.355. The molecule has 1 amide bonds. The SMILES string of the molecule is CCOC(=O)c1c(NC(=O)c2ccc(OC)c(I)c2)sc2c1CCCC2. The summed E-state index contributed by atoms with van der Waals surface area (Å²) in [5.74, 6) is 0.127. The number of esters is 1. The maximum absolute atomic E-state index is 12.7. The molecular weight excluding hydrogens is 465 g/mol. The molecule has 1 N–H and O–H groups in total. The highest BCUT2D eigenvalue weighted by Gasteiger charge is 2.27. The zero-order valence-electron chi connectivity index (χ0n) is 14.7. The summed E-state index contributed by atoms with van der Waals surface area (Å²) in [6, 6.07) is 5.25. The summed E-state index contributed by atoms with van der Waals surface area (Å²) in [7, 11) is 1.60. The van der Waals surface area contributed by atoms with Crippen LogP contribution in [0.4, 0.5) is 5.00 Å². The molecule has 2 aromatic rings.